The molecule has 3 heteroatoms. The molecule has 0 aliphatic carbocycles. The van der Waals surface area contributed by atoms with Crippen LogP contribution in [0.25, 0.3) is 16.3 Å². The van der Waals surface area contributed by atoms with Gasteiger partial charge in [0, 0.05) is 11.6 Å². The van der Waals surface area contributed by atoms with Crippen molar-refractivity contribution >= 4 is 16.3 Å². The Hall–Kier alpha value is -2.03. The minimum Gasteiger partial charge on any atom is -0.298 e. The number of nitrogens with zero attached hydrogens (tertiary/aromatic N) is 1. The number of nitrogens with one attached hydrogen (secondary N) is 1. The molecule has 0 aliphatic heterocycles. The summed E-state index contributed by atoms with van der Waals surface area (Å²) in [5, 5.41) is 4.69. The molecule has 0 saturated carbocycles. The third-order valence-corrected chi connectivity index (χ3v) is 2.74. The second kappa shape index (κ2) is 2.73. The summed E-state index contributed by atoms with van der Waals surface area (Å²) < 4.78 is 1.58. The highest BCUT2D eigenvalue weighted by molar-refractivity contribution is 5.85. The molecule has 3 aromatic rings. The van der Waals surface area contributed by atoms with Gasteiger partial charge < -0.3 is 0 Å². The summed E-state index contributed by atoms with van der Waals surface area (Å²) in [6.45, 7) is 1.99. The standard InChI is InChI=1S/C12H10N2O/c1-8-7-13-14-11(8)6-9-4-2-3-5-10(9)12(14)15/h2-7,13H,1H3. The van der Waals surface area contributed by atoms with E-state index in [-0.39, 0.29) is 5.56 Å². The van der Waals surface area contributed by atoms with E-state index in [2.05, 4.69) is 5.10 Å². The molecule has 0 amide bonds. The first-order chi connectivity index (χ1) is 7.27. The van der Waals surface area contributed by atoms with Crippen molar-refractivity contribution in [3.8, 4) is 0 Å². The van der Waals surface area contributed by atoms with E-state index < -0.39 is 0 Å². The van der Waals surface area contributed by atoms with Crippen LogP contribution in [0.2, 0.25) is 0 Å². The van der Waals surface area contributed by atoms with Gasteiger partial charge in [-0.2, -0.15) is 0 Å². The number of hydrogen-bond acceptors (Lipinski definition) is 1. The molecule has 0 atom stereocenters. The van der Waals surface area contributed by atoms with Gasteiger partial charge in [0.05, 0.1) is 5.52 Å². The predicted molar refractivity (Wildman–Crippen MR) is 60.3 cm³/mol. The van der Waals surface area contributed by atoms with E-state index in [1.165, 1.54) is 0 Å². The van der Waals surface area contributed by atoms with Gasteiger partial charge in [-0.3, -0.25) is 9.89 Å². The van der Waals surface area contributed by atoms with Gasteiger partial charge in [0.2, 0.25) is 0 Å². The number of rotatable bonds is 0. The fraction of sp³-hybridized carbons (Fsp3) is 0.0833. The maximum absolute atomic E-state index is 12.0. The molecule has 3 rings (SSSR count). The van der Waals surface area contributed by atoms with Crippen LogP contribution in [0.5, 0.6) is 0 Å². The highest BCUT2D eigenvalue weighted by Crippen LogP contribution is 2.14. The van der Waals surface area contributed by atoms with Crippen molar-refractivity contribution in [1.82, 2.24) is 9.61 Å². The van der Waals surface area contributed by atoms with Gasteiger partial charge in [-0.05, 0) is 30.0 Å². The van der Waals surface area contributed by atoms with Crippen LogP contribution in [0, 0.1) is 6.92 Å². The van der Waals surface area contributed by atoms with Gasteiger partial charge in [0.1, 0.15) is 0 Å². The number of aromatic nitrogens is 2. The fourth-order valence-corrected chi connectivity index (χ4v) is 1.91. The number of pyridine rings is 1. The predicted octanol–water partition coefficient (Wildman–Crippen LogP) is 2.09. The molecule has 2 heterocycles. The zero-order chi connectivity index (χ0) is 10.4. The normalized spacial score (nSPS) is 11.3. The highest BCUT2D eigenvalue weighted by atomic mass is 16.1. The van der Waals surface area contributed by atoms with Gasteiger partial charge in [0.25, 0.3) is 5.56 Å². The number of aryl methyl sites for hydroxylation is 1. The summed E-state index contributed by atoms with van der Waals surface area (Å²) in [5.74, 6) is 0. The summed E-state index contributed by atoms with van der Waals surface area (Å²) in [6.07, 6.45) is 1.84. The topological polar surface area (TPSA) is 37.3 Å². The van der Waals surface area contributed by atoms with Crippen LogP contribution in [-0.2, 0) is 0 Å². The molecule has 0 saturated heterocycles. The van der Waals surface area contributed by atoms with Gasteiger partial charge in [-0.25, -0.2) is 4.52 Å². The zero-order valence-electron chi connectivity index (χ0n) is 8.32. The Morgan fingerprint density at radius 3 is 2.93 bits per heavy atom. The average Bonchev–Trinajstić information content (AvgIpc) is 2.62. The second-order valence-electron chi connectivity index (χ2n) is 3.71. The van der Waals surface area contributed by atoms with E-state index in [0.717, 1.165) is 21.9 Å². The van der Waals surface area contributed by atoms with Crippen molar-refractivity contribution in [1.29, 1.82) is 0 Å². The molecule has 74 valence electrons. The lowest BCUT2D eigenvalue weighted by atomic mass is 10.1. The monoisotopic (exact) mass is 198 g/mol. The zero-order valence-corrected chi connectivity index (χ0v) is 8.32. The van der Waals surface area contributed by atoms with Crippen LogP contribution < -0.4 is 5.56 Å². The molecule has 15 heavy (non-hydrogen) atoms. The largest absolute Gasteiger partial charge is 0.298 e. The molecule has 1 aromatic carbocycles. The Morgan fingerprint density at radius 1 is 1.27 bits per heavy atom. The van der Waals surface area contributed by atoms with Crippen LogP contribution in [0.3, 0.4) is 0 Å². The molecule has 0 bridgehead atoms. The molecular weight excluding hydrogens is 188 g/mol. The van der Waals surface area contributed by atoms with Gasteiger partial charge in [0.15, 0.2) is 0 Å². The Bertz CT molecular complexity index is 706. The van der Waals surface area contributed by atoms with Crippen molar-refractivity contribution < 1.29 is 0 Å². The van der Waals surface area contributed by atoms with Gasteiger partial charge >= 0.3 is 0 Å². The SMILES string of the molecule is Cc1c[nH]n2c(=O)c3ccccc3cc12. The van der Waals surface area contributed by atoms with E-state index in [1.54, 1.807) is 4.52 Å². The molecule has 0 radical (unpaired) electrons. The quantitative estimate of drug-likeness (QED) is 0.590. The van der Waals surface area contributed by atoms with Crippen molar-refractivity contribution in [2.24, 2.45) is 0 Å². The minimum atomic E-state index is 0.0104. The third-order valence-electron chi connectivity index (χ3n) is 2.74. The van der Waals surface area contributed by atoms with Crippen LogP contribution in [0.15, 0.2) is 41.3 Å². The lowest BCUT2D eigenvalue weighted by molar-refractivity contribution is 0.931. The molecule has 0 unspecified atom stereocenters. The Kier molecular flexibility index (Phi) is 1.51. The fourth-order valence-electron chi connectivity index (χ4n) is 1.91. The van der Waals surface area contributed by atoms with Crippen LogP contribution in [0.4, 0.5) is 0 Å². The number of fused-ring (bicyclic) bond motifs is 2. The molecule has 0 fully saturated rings. The number of hydrogen-bond donors (Lipinski definition) is 1. The Balaban J connectivity index is 2.68. The van der Waals surface area contributed by atoms with Crippen molar-refractivity contribution in [3.63, 3.8) is 0 Å². The first-order valence-electron chi connectivity index (χ1n) is 4.86. The summed E-state index contributed by atoms with van der Waals surface area (Å²) >= 11 is 0. The summed E-state index contributed by atoms with van der Waals surface area (Å²) in [7, 11) is 0. The van der Waals surface area contributed by atoms with Gasteiger partial charge in [-0.1, -0.05) is 18.2 Å². The van der Waals surface area contributed by atoms with Gasteiger partial charge in [-0.15, -0.1) is 0 Å². The second-order valence-corrected chi connectivity index (χ2v) is 3.71. The molecule has 2 aromatic heterocycles. The lowest BCUT2D eigenvalue weighted by Crippen LogP contribution is -2.13. The number of aromatic amines is 1. The van der Waals surface area contributed by atoms with Crippen LogP contribution in [-0.4, -0.2) is 9.61 Å². The minimum absolute atomic E-state index is 0.0104. The highest BCUT2D eigenvalue weighted by Gasteiger charge is 2.05. The van der Waals surface area contributed by atoms with E-state index in [9.17, 15) is 4.79 Å². The summed E-state index contributed by atoms with van der Waals surface area (Å²) in [4.78, 5) is 12.0. The molecular formula is C12H10N2O. The number of benzene rings is 1. The van der Waals surface area contributed by atoms with Crippen molar-refractivity contribution in [3.05, 3.63) is 52.4 Å². The van der Waals surface area contributed by atoms with E-state index in [4.69, 9.17) is 0 Å². The molecule has 1 N–H and O–H groups in total. The Labute approximate surface area is 85.9 Å². The van der Waals surface area contributed by atoms with Crippen LogP contribution >= 0.6 is 0 Å². The lowest BCUT2D eigenvalue weighted by Gasteiger charge is -1.99. The maximum Gasteiger partial charge on any atom is 0.277 e. The Morgan fingerprint density at radius 2 is 2.07 bits per heavy atom. The first-order valence-corrected chi connectivity index (χ1v) is 4.86. The average molecular weight is 198 g/mol. The van der Waals surface area contributed by atoms with Crippen molar-refractivity contribution in [2.75, 3.05) is 0 Å². The summed E-state index contributed by atoms with van der Waals surface area (Å²) in [5.41, 5.74) is 2.03. The number of H-pyrrole nitrogens is 1. The van der Waals surface area contributed by atoms with E-state index >= 15 is 0 Å². The van der Waals surface area contributed by atoms with Crippen LogP contribution in [0.1, 0.15) is 5.56 Å². The molecule has 0 spiro atoms. The smallest absolute Gasteiger partial charge is 0.277 e. The first kappa shape index (κ1) is 8.29. The molecule has 0 aliphatic rings. The maximum atomic E-state index is 12.0. The third kappa shape index (κ3) is 1.03. The summed E-state index contributed by atoms with van der Waals surface area (Å²) in [6, 6.07) is 9.66. The van der Waals surface area contributed by atoms with E-state index in [1.807, 2.05) is 43.5 Å². The molecule has 3 nitrogen and oxygen atoms in total. The van der Waals surface area contributed by atoms with Crippen molar-refractivity contribution in [2.45, 2.75) is 6.92 Å². The van der Waals surface area contributed by atoms with E-state index in [0.29, 0.717) is 0 Å².